The maximum Gasteiger partial charge on any atom is 0.128 e. The lowest BCUT2D eigenvalue weighted by Gasteiger charge is -2.12. The third-order valence-electron chi connectivity index (χ3n) is 4.43. The second kappa shape index (κ2) is 9.65. The first-order valence-corrected chi connectivity index (χ1v) is 10.3. The molecule has 27 heavy (non-hydrogen) atoms. The van der Waals surface area contributed by atoms with Crippen molar-refractivity contribution >= 4 is 21.5 Å². The summed E-state index contributed by atoms with van der Waals surface area (Å²) in [5, 5.41) is 0.582. The molecule has 2 aromatic rings. The van der Waals surface area contributed by atoms with Crippen molar-refractivity contribution in [2.24, 2.45) is 4.99 Å². The van der Waals surface area contributed by atoms with Gasteiger partial charge < -0.3 is 9.47 Å². The van der Waals surface area contributed by atoms with Gasteiger partial charge in [-0.2, -0.15) is 0 Å². The molecule has 0 bridgehead atoms. The van der Waals surface area contributed by atoms with Crippen molar-refractivity contribution in [3.63, 3.8) is 0 Å². The number of aryl methyl sites for hydroxylation is 2. The van der Waals surface area contributed by atoms with Crippen LogP contribution in [0.4, 0.5) is 5.69 Å². The van der Waals surface area contributed by atoms with E-state index in [0.29, 0.717) is 10.8 Å². The van der Waals surface area contributed by atoms with Crippen molar-refractivity contribution in [3.05, 3.63) is 46.8 Å². The highest BCUT2D eigenvalue weighted by Crippen LogP contribution is 2.27. The maximum atomic E-state index is 12.8. The third kappa shape index (κ3) is 5.16. The van der Waals surface area contributed by atoms with Crippen LogP contribution in [-0.4, -0.2) is 28.5 Å². The fraction of sp³-hybridized carbons (Fsp3) is 0.429. The van der Waals surface area contributed by atoms with Gasteiger partial charge in [-0.3, -0.25) is 9.19 Å². The molecule has 0 saturated heterocycles. The minimum Gasteiger partial charge on any atom is -0.497 e. The molecule has 0 spiro atoms. The van der Waals surface area contributed by atoms with Crippen molar-refractivity contribution in [1.82, 2.24) is 4.98 Å². The number of pyridine rings is 1. The van der Waals surface area contributed by atoms with Gasteiger partial charge in [0.2, 0.25) is 0 Å². The minimum atomic E-state index is -1.26. The van der Waals surface area contributed by atoms with Crippen molar-refractivity contribution in [3.8, 4) is 11.5 Å². The number of rotatable bonds is 7. The Morgan fingerprint density at radius 2 is 1.96 bits per heavy atom. The third-order valence-corrected chi connectivity index (χ3v) is 5.72. The highest BCUT2D eigenvalue weighted by molar-refractivity contribution is 7.99. The van der Waals surface area contributed by atoms with Crippen LogP contribution in [0.1, 0.15) is 42.7 Å². The van der Waals surface area contributed by atoms with Crippen LogP contribution in [0.3, 0.4) is 0 Å². The fourth-order valence-corrected chi connectivity index (χ4v) is 3.88. The van der Waals surface area contributed by atoms with Gasteiger partial charge in [0.05, 0.1) is 42.2 Å². The molecule has 0 radical (unpaired) electrons. The Labute approximate surface area is 164 Å². The number of nitrogens with zero attached hydrogens (tertiary/aromatic N) is 2. The van der Waals surface area contributed by atoms with E-state index in [9.17, 15) is 4.21 Å². The molecule has 0 aliphatic rings. The van der Waals surface area contributed by atoms with Crippen LogP contribution in [0.2, 0.25) is 0 Å². The van der Waals surface area contributed by atoms with Gasteiger partial charge in [0.1, 0.15) is 16.5 Å². The van der Waals surface area contributed by atoms with Crippen molar-refractivity contribution in [2.45, 2.75) is 46.3 Å². The van der Waals surface area contributed by atoms with Crippen LogP contribution in [0.5, 0.6) is 11.5 Å². The molecular formula is C21H28N2O3S. The van der Waals surface area contributed by atoms with Gasteiger partial charge in [0, 0.05) is 17.3 Å². The van der Waals surface area contributed by atoms with E-state index in [2.05, 4.69) is 16.9 Å². The second-order valence-electron chi connectivity index (χ2n) is 6.41. The van der Waals surface area contributed by atoms with Crippen LogP contribution in [0.25, 0.3) is 0 Å². The molecule has 0 fully saturated rings. The van der Waals surface area contributed by atoms with Crippen LogP contribution < -0.4 is 9.47 Å². The quantitative estimate of drug-likeness (QED) is 0.511. The first-order chi connectivity index (χ1) is 12.9. The van der Waals surface area contributed by atoms with Crippen LogP contribution in [0, 0.1) is 13.8 Å². The van der Waals surface area contributed by atoms with E-state index in [-0.39, 0.29) is 0 Å². The molecule has 0 saturated carbocycles. The number of ether oxygens (including phenoxy) is 2. The van der Waals surface area contributed by atoms with Gasteiger partial charge >= 0.3 is 0 Å². The number of benzene rings is 1. The normalized spacial score (nSPS) is 12.7. The largest absolute Gasteiger partial charge is 0.497 e. The summed E-state index contributed by atoms with van der Waals surface area (Å²) in [6.45, 7) is 7.82. The van der Waals surface area contributed by atoms with E-state index in [1.54, 1.807) is 27.3 Å². The van der Waals surface area contributed by atoms with E-state index < -0.39 is 10.8 Å². The summed E-state index contributed by atoms with van der Waals surface area (Å²) in [6.07, 6.45) is 3.66. The summed E-state index contributed by atoms with van der Waals surface area (Å²) in [5.74, 6) is 1.92. The summed E-state index contributed by atoms with van der Waals surface area (Å²) in [7, 11) is 2.03. The molecule has 2 rings (SSSR count). The summed E-state index contributed by atoms with van der Waals surface area (Å²) < 4.78 is 23.6. The molecular weight excluding hydrogens is 360 g/mol. The predicted molar refractivity (Wildman–Crippen MR) is 112 cm³/mol. The number of aromatic nitrogens is 1. The zero-order chi connectivity index (χ0) is 20.0. The molecule has 1 aromatic carbocycles. The number of hydrogen-bond donors (Lipinski definition) is 0. The summed E-state index contributed by atoms with van der Waals surface area (Å²) in [6, 6.07) is 5.79. The Kier molecular flexibility index (Phi) is 7.54. The first-order valence-electron chi connectivity index (χ1n) is 9.00. The van der Waals surface area contributed by atoms with Gasteiger partial charge in [-0.1, -0.05) is 13.3 Å². The lowest BCUT2D eigenvalue weighted by atomic mass is 10.1. The Morgan fingerprint density at radius 1 is 1.22 bits per heavy atom. The summed E-state index contributed by atoms with van der Waals surface area (Å²) >= 11 is 0. The van der Waals surface area contributed by atoms with Crippen molar-refractivity contribution in [1.29, 1.82) is 0 Å². The molecule has 0 amide bonds. The molecule has 5 nitrogen and oxygen atoms in total. The van der Waals surface area contributed by atoms with Gasteiger partial charge in [-0.05, 0) is 51.0 Å². The molecule has 0 unspecified atom stereocenters. The first kappa shape index (κ1) is 21.1. The van der Waals surface area contributed by atoms with Gasteiger partial charge in [-0.25, -0.2) is 4.99 Å². The smallest absolute Gasteiger partial charge is 0.128 e. The van der Waals surface area contributed by atoms with Crippen LogP contribution >= 0.6 is 0 Å². The number of methoxy groups -OCH3 is 2. The highest BCUT2D eigenvalue weighted by atomic mass is 32.2. The van der Waals surface area contributed by atoms with E-state index in [0.717, 1.165) is 52.4 Å². The Hall–Kier alpha value is -2.21. The molecule has 146 valence electrons. The van der Waals surface area contributed by atoms with E-state index in [1.807, 2.05) is 32.0 Å². The van der Waals surface area contributed by atoms with Crippen molar-refractivity contribution < 1.29 is 13.7 Å². The van der Waals surface area contributed by atoms with Gasteiger partial charge in [-0.15, -0.1) is 0 Å². The topological polar surface area (TPSA) is 60.8 Å². The maximum absolute atomic E-state index is 12.8. The highest BCUT2D eigenvalue weighted by Gasteiger charge is 2.14. The lowest BCUT2D eigenvalue weighted by molar-refractivity contribution is 0.407. The Balaban J connectivity index is 2.27. The summed E-state index contributed by atoms with van der Waals surface area (Å²) in [5.41, 5.74) is 4.61. The van der Waals surface area contributed by atoms with E-state index in [4.69, 9.17) is 9.47 Å². The molecule has 6 heteroatoms. The standard InChI is InChI=1S/C21H28N2O3S/c1-7-8-17-11-18(25-5)9-10-19(17)23-16(4)27(24)13-20-15(3)21(26-6)14(2)12-22-20/h9-12H,7-8,13H2,1-6H3/t27-/m0/s1. The summed E-state index contributed by atoms with van der Waals surface area (Å²) in [4.78, 5) is 9.08. The van der Waals surface area contributed by atoms with E-state index >= 15 is 0 Å². The SMILES string of the molecule is CCCc1cc(OC)ccc1N=C(C)[S@@](=O)Cc1ncc(C)c(OC)c1C. The average Bonchev–Trinajstić information content (AvgIpc) is 2.65. The second-order valence-corrected chi connectivity index (χ2v) is 7.98. The number of hydrogen-bond acceptors (Lipinski definition) is 5. The lowest BCUT2D eigenvalue weighted by Crippen LogP contribution is -2.09. The van der Waals surface area contributed by atoms with E-state index in [1.165, 1.54) is 0 Å². The van der Waals surface area contributed by atoms with Gasteiger partial charge in [0.15, 0.2) is 0 Å². The predicted octanol–water partition coefficient (Wildman–Crippen LogP) is 4.67. The Morgan fingerprint density at radius 3 is 2.59 bits per heavy atom. The molecule has 1 heterocycles. The van der Waals surface area contributed by atoms with Crippen LogP contribution in [-0.2, 0) is 23.0 Å². The molecule has 1 aromatic heterocycles. The zero-order valence-corrected chi connectivity index (χ0v) is 17.8. The molecule has 0 aliphatic heterocycles. The number of aliphatic imine (C=N–C) groups is 1. The van der Waals surface area contributed by atoms with Crippen molar-refractivity contribution in [2.75, 3.05) is 14.2 Å². The molecule has 0 N–H and O–H groups in total. The molecule has 1 atom stereocenters. The zero-order valence-electron chi connectivity index (χ0n) is 17.0. The molecule has 0 aliphatic carbocycles. The average molecular weight is 389 g/mol. The fourth-order valence-electron chi connectivity index (χ4n) is 2.93. The minimum absolute atomic E-state index is 0.317. The Bertz CT molecular complexity index is 863. The van der Waals surface area contributed by atoms with Crippen LogP contribution in [0.15, 0.2) is 29.4 Å². The monoisotopic (exact) mass is 388 g/mol. The van der Waals surface area contributed by atoms with Gasteiger partial charge in [0.25, 0.3) is 0 Å².